The van der Waals surface area contributed by atoms with Crippen LogP contribution in [0.5, 0.6) is 0 Å². The third kappa shape index (κ3) is 4.97. The van der Waals surface area contributed by atoms with E-state index in [-0.39, 0.29) is 4.90 Å². The molecule has 1 unspecified atom stereocenters. The van der Waals surface area contributed by atoms with Crippen molar-refractivity contribution in [1.29, 1.82) is 0 Å². The zero-order valence-corrected chi connectivity index (χ0v) is 18.4. The molecule has 162 valence electrons. The number of sulfonamides is 2. The van der Waals surface area contributed by atoms with Crippen molar-refractivity contribution in [2.24, 2.45) is 0 Å². The van der Waals surface area contributed by atoms with Gasteiger partial charge in [0, 0.05) is 38.4 Å². The topological polar surface area (TPSA) is 107 Å². The Morgan fingerprint density at radius 1 is 1.10 bits per heavy atom. The summed E-state index contributed by atoms with van der Waals surface area (Å²) in [5.41, 5.74) is 0.337. The molecule has 0 spiro atoms. The smallest absolute Gasteiger partial charge is 0.243 e. The van der Waals surface area contributed by atoms with Gasteiger partial charge in [-0.2, -0.15) is 8.61 Å². The van der Waals surface area contributed by atoms with Crippen LogP contribution < -0.4 is 5.32 Å². The molecule has 11 heteroatoms. The van der Waals surface area contributed by atoms with Gasteiger partial charge < -0.3 is 10.2 Å². The predicted octanol–water partition coefficient (Wildman–Crippen LogP) is 0.375. The van der Waals surface area contributed by atoms with E-state index in [0.717, 1.165) is 12.8 Å². The van der Waals surface area contributed by atoms with E-state index in [9.17, 15) is 21.6 Å². The number of rotatable bonds is 6. The number of benzene rings is 1. The van der Waals surface area contributed by atoms with Gasteiger partial charge >= 0.3 is 0 Å². The first-order chi connectivity index (χ1) is 13.6. The molecule has 2 aliphatic heterocycles. The van der Waals surface area contributed by atoms with E-state index in [1.54, 1.807) is 12.1 Å². The quantitative estimate of drug-likeness (QED) is 0.680. The molecule has 1 N–H and O–H groups in total. The molecular formula is C18H28N4O5S2. The van der Waals surface area contributed by atoms with Crippen molar-refractivity contribution >= 4 is 31.6 Å². The molecule has 29 heavy (non-hydrogen) atoms. The molecule has 1 atom stereocenters. The van der Waals surface area contributed by atoms with Crippen molar-refractivity contribution in [2.75, 3.05) is 50.8 Å². The summed E-state index contributed by atoms with van der Waals surface area (Å²) in [6, 6.07) is 5.35. The maximum Gasteiger partial charge on any atom is 0.243 e. The van der Waals surface area contributed by atoms with E-state index in [1.165, 1.54) is 20.7 Å². The van der Waals surface area contributed by atoms with Crippen LogP contribution in [0.3, 0.4) is 0 Å². The average Bonchev–Trinajstić information content (AvgIpc) is 3.19. The van der Waals surface area contributed by atoms with Gasteiger partial charge in [0.1, 0.15) is 6.04 Å². The summed E-state index contributed by atoms with van der Waals surface area (Å²) >= 11 is 0. The molecule has 2 saturated heterocycles. The average molecular weight is 445 g/mol. The van der Waals surface area contributed by atoms with E-state index >= 15 is 0 Å². The molecule has 0 bridgehead atoms. The molecule has 2 heterocycles. The van der Waals surface area contributed by atoms with Gasteiger partial charge in [0.2, 0.25) is 26.0 Å². The molecule has 1 aromatic rings. The van der Waals surface area contributed by atoms with Crippen molar-refractivity contribution in [1.82, 2.24) is 13.5 Å². The van der Waals surface area contributed by atoms with Crippen molar-refractivity contribution in [3.05, 3.63) is 24.3 Å². The van der Waals surface area contributed by atoms with Gasteiger partial charge in [-0.15, -0.1) is 0 Å². The molecule has 3 rings (SSSR count). The second-order valence-corrected chi connectivity index (χ2v) is 11.3. The van der Waals surface area contributed by atoms with Gasteiger partial charge in [0.25, 0.3) is 0 Å². The molecule has 2 fully saturated rings. The molecule has 9 nitrogen and oxygen atoms in total. The van der Waals surface area contributed by atoms with E-state index in [4.69, 9.17) is 0 Å². The highest BCUT2D eigenvalue weighted by Gasteiger charge is 2.36. The normalized spacial score (nSPS) is 22.6. The molecule has 2 aliphatic rings. The lowest BCUT2D eigenvalue weighted by Crippen LogP contribution is -2.48. The Balaban J connectivity index is 1.73. The molecule has 0 aromatic heterocycles. The SMILES string of the molecule is CCN1CCN(S(=O)(=O)c2cccc(NC(=O)C3CCCN3S(C)(=O)=O)c2)CC1. The van der Waals surface area contributed by atoms with Gasteiger partial charge in [0.15, 0.2) is 0 Å². The minimum absolute atomic E-state index is 0.117. The number of nitrogens with zero attached hydrogens (tertiary/aromatic N) is 3. The number of likely N-dealkylation sites (N-methyl/N-ethyl adjacent to an activating group) is 1. The predicted molar refractivity (Wildman–Crippen MR) is 111 cm³/mol. The molecular weight excluding hydrogens is 416 g/mol. The molecule has 0 aliphatic carbocycles. The lowest BCUT2D eigenvalue weighted by atomic mass is 10.2. The van der Waals surface area contributed by atoms with Gasteiger partial charge in [-0.05, 0) is 37.6 Å². The first-order valence-electron chi connectivity index (χ1n) is 9.73. The highest BCUT2D eigenvalue weighted by molar-refractivity contribution is 7.89. The zero-order valence-electron chi connectivity index (χ0n) is 16.7. The fraction of sp³-hybridized carbons (Fsp3) is 0.611. The van der Waals surface area contributed by atoms with Gasteiger partial charge in [-0.3, -0.25) is 4.79 Å². The van der Waals surface area contributed by atoms with Gasteiger partial charge in [0.05, 0.1) is 11.2 Å². The minimum atomic E-state index is -3.66. The Bertz CT molecular complexity index is 956. The van der Waals surface area contributed by atoms with Crippen LogP contribution in [-0.4, -0.2) is 87.8 Å². The number of anilines is 1. The van der Waals surface area contributed by atoms with E-state index in [0.29, 0.717) is 51.3 Å². The molecule has 0 saturated carbocycles. The van der Waals surface area contributed by atoms with E-state index in [1.807, 2.05) is 6.92 Å². The summed E-state index contributed by atoms with van der Waals surface area (Å²) in [5, 5.41) is 2.68. The zero-order chi connectivity index (χ0) is 21.2. The van der Waals surface area contributed by atoms with Crippen LogP contribution in [0.1, 0.15) is 19.8 Å². The number of piperazine rings is 1. The highest BCUT2D eigenvalue weighted by atomic mass is 32.2. The van der Waals surface area contributed by atoms with E-state index in [2.05, 4.69) is 10.2 Å². The van der Waals surface area contributed by atoms with Crippen molar-refractivity contribution in [3.63, 3.8) is 0 Å². The second-order valence-electron chi connectivity index (χ2n) is 7.39. The maximum atomic E-state index is 13.0. The Kier molecular flexibility index (Phi) is 6.64. The van der Waals surface area contributed by atoms with Gasteiger partial charge in [-0.25, -0.2) is 16.8 Å². The summed E-state index contributed by atoms with van der Waals surface area (Å²) in [6.07, 6.45) is 2.14. The maximum absolute atomic E-state index is 13.0. The summed E-state index contributed by atoms with van der Waals surface area (Å²) in [5.74, 6) is -0.445. The van der Waals surface area contributed by atoms with Crippen molar-refractivity contribution in [3.8, 4) is 0 Å². The van der Waals surface area contributed by atoms with Crippen LogP contribution in [-0.2, 0) is 24.8 Å². The Labute approximate surface area is 172 Å². The summed E-state index contributed by atoms with van der Waals surface area (Å²) < 4.78 is 52.3. The fourth-order valence-corrected chi connectivity index (χ4v) is 6.39. The molecule has 1 amide bonds. The third-order valence-electron chi connectivity index (χ3n) is 5.45. The minimum Gasteiger partial charge on any atom is -0.325 e. The van der Waals surface area contributed by atoms with Gasteiger partial charge in [-0.1, -0.05) is 13.0 Å². The highest BCUT2D eigenvalue weighted by Crippen LogP contribution is 2.24. The number of amides is 1. The molecule has 1 aromatic carbocycles. The Morgan fingerprint density at radius 3 is 2.41 bits per heavy atom. The fourth-order valence-electron chi connectivity index (χ4n) is 3.79. The largest absolute Gasteiger partial charge is 0.325 e. The standard InChI is InChI=1S/C18H28N4O5S2/c1-3-20-10-12-21(13-11-20)29(26,27)16-7-4-6-15(14-16)19-18(23)17-8-5-9-22(17)28(2,24)25/h4,6-7,14,17H,3,5,8-13H2,1-2H3,(H,19,23). The number of hydrogen-bond donors (Lipinski definition) is 1. The van der Waals surface area contributed by atoms with Crippen LogP contribution in [0.2, 0.25) is 0 Å². The lowest BCUT2D eigenvalue weighted by Gasteiger charge is -2.33. The summed E-state index contributed by atoms with van der Waals surface area (Å²) in [6.45, 7) is 5.49. The van der Waals surface area contributed by atoms with Crippen LogP contribution in [0.25, 0.3) is 0 Å². The monoisotopic (exact) mass is 444 g/mol. The van der Waals surface area contributed by atoms with Crippen LogP contribution >= 0.6 is 0 Å². The number of carbonyl (C=O) groups is 1. The Morgan fingerprint density at radius 2 is 1.79 bits per heavy atom. The lowest BCUT2D eigenvalue weighted by molar-refractivity contribution is -0.119. The van der Waals surface area contributed by atoms with Crippen LogP contribution in [0.15, 0.2) is 29.2 Å². The number of hydrogen-bond acceptors (Lipinski definition) is 6. The second kappa shape index (κ2) is 8.68. The number of nitrogens with one attached hydrogen (secondary N) is 1. The first kappa shape index (κ1) is 22.2. The van der Waals surface area contributed by atoms with E-state index < -0.39 is 32.0 Å². The van der Waals surface area contributed by atoms with Crippen LogP contribution in [0.4, 0.5) is 5.69 Å². The summed E-state index contributed by atoms with van der Waals surface area (Å²) in [7, 11) is -7.13. The first-order valence-corrected chi connectivity index (χ1v) is 13.0. The van der Waals surface area contributed by atoms with Crippen molar-refractivity contribution in [2.45, 2.75) is 30.7 Å². The summed E-state index contributed by atoms with van der Waals surface area (Å²) in [4.78, 5) is 14.9. The van der Waals surface area contributed by atoms with Crippen LogP contribution in [0, 0.1) is 0 Å². The number of carbonyl (C=O) groups excluding carboxylic acids is 1. The van der Waals surface area contributed by atoms with Crippen molar-refractivity contribution < 1.29 is 21.6 Å². The Hall–Kier alpha value is -1.53. The third-order valence-corrected chi connectivity index (χ3v) is 8.63. The molecule has 0 radical (unpaired) electrons.